The van der Waals surface area contributed by atoms with Crippen LogP contribution in [0.25, 0.3) is 5.69 Å². The molecule has 0 spiro atoms. The molecule has 0 unspecified atom stereocenters. The molecular weight excluding hydrogens is 400 g/mol. The van der Waals surface area contributed by atoms with E-state index in [9.17, 15) is 19.2 Å². The van der Waals surface area contributed by atoms with Crippen LogP contribution >= 0.6 is 0 Å². The number of carbonyl (C=O) groups excluding carboxylic acids is 3. The molecule has 2 heterocycles. The molecule has 2 amide bonds. The summed E-state index contributed by atoms with van der Waals surface area (Å²) in [5, 5.41) is 6.11. The molecule has 1 aromatic carbocycles. The van der Waals surface area contributed by atoms with E-state index in [0.29, 0.717) is 16.9 Å². The Balaban J connectivity index is 1.64. The van der Waals surface area contributed by atoms with Crippen LogP contribution < -0.4 is 16.3 Å². The summed E-state index contributed by atoms with van der Waals surface area (Å²) in [5.41, 5.74) is 3.47. The van der Waals surface area contributed by atoms with Gasteiger partial charge >= 0.3 is 5.91 Å². The van der Waals surface area contributed by atoms with Crippen molar-refractivity contribution in [3.63, 3.8) is 0 Å². The van der Waals surface area contributed by atoms with Gasteiger partial charge in [-0.1, -0.05) is 18.2 Å². The Morgan fingerprint density at radius 1 is 1.10 bits per heavy atom. The average molecular weight is 420 g/mol. The fraction of sp³-hybridized carbons (Fsp3) is 0.143. The summed E-state index contributed by atoms with van der Waals surface area (Å²) in [4.78, 5) is 52.8. The van der Waals surface area contributed by atoms with E-state index < -0.39 is 29.6 Å². The molecule has 2 aromatic heterocycles. The summed E-state index contributed by atoms with van der Waals surface area (Å²) in [6.45, 7) is 1.67. The van der Waals surface area contributed by atoms with E-state index in [0.717, 1.165) is 0 Å². The van der Waals surface area contributed by atoms with Crippen LogP contribution in [0.4, 0.5) is 5.69 Å². The van der Waals surface area contributed by atoms with Crippen molar-refractivity contribution < 1.29 is 14.4 Å². The molecule has 0 fully saturated rings. The fourth-order valence-electron chi connectivity index (χ4n) is 2.80. The van der Waals surface area contributed by atoms with Crippen LogP contribution in [0.15, 0.2) is 64.8 Å². The fourth-order valence-corrected chi connectivity index (χ4v) is 2.80. The van der Waals surface area contributed by atoms with E-state index >= 15 is 0 Å². The Morgan fingerprint density at radius 2 is 1.77 bits per heavy atom. The molecule has 3 rings (SSSR count). The predicted molar refractivity (Wildman–Crippen MR) is 114 cm³/mol. The normalized spacial score (nSPS) is 10.8. The minimum Gasteiger partial charge on any atom is -0.320 e. The maximum Gasteiger partial charge on any atom is 0.307 e. The van der Waals surface area contributed by atoms with Gasteiger partial charge in [-0.25, -0.2) is 10.1 Å². The van der Waals surface area contributed by atoms with Gasteiger partial charge in [0.1, 0.15) is 5.69 Å². The first kappa shape index (κ1) is 21.4. The highest BCUT2D eigenvalue weighted by Gasteiger charge is 2.22. The van der Waals surface area contributed by atoms with Gasteiger partial charge in [0.05, 0.1) is 24.0 Å². The van der Waals surface area contributed by atoms with Crippen LogP contribution in [0.3, 0.4) is 0 Å². The summed E-state index contributed by atoms with van der Waals surface area (Å²) in [6, 6.07) is 12.2. The van der Waals surface area contributed by atoms with Crippen molar-refractivity contribution in [2.75, 3.05) is 5.32 Å². The lowest BCUT2D eigenvalue weighted by Gasteiger charge is -2.07. The maximum absolute atomic E-state index is 12.8. The second-order valence-electron chi connectivity index (χ2n) is 6.56. The van der Waals surface area contributed by atoms with Gasteiger partial charge in [-0.2, -0.15) is 5.10 Å². The van der Waals surface area contributed by atoms with Gasteiger partial charge in [0.2, 0.25) is 11.7 Å². The van der Waals surface area contributed by atoms with Crippen molar-refractivity contribution in [1.29, 1.82) is 0 Å². The molecule has 0 saturated heterocycles. The number of pyridine rings is 1. The third-order valence-electron chi connectivity index (χ3n) is 4.48. The van der Waals surface area contributed by atoms with Crippen molar-refractivity contribution in [2.45, 2.75) is 13.3 Å². The Hall–Kier alpha value is -4.34. The lowest BCUT2D eigenvalue weighted by atomic mass is 10.2. The number of amides is 2. The first-order valence-corrected chi connectivity index (χ1v) is 9.28. The van der Waals surface area contributed by atoms with E-state index in [1.54, 1.807) is 67.4 Å². The monoisotopic (exact) mass is 420 g/mol. The van der Waals surface area contributed by atoms with Gasteiger partial charge in [-0.05, 0) is 36.8 Å². The number of rotatable bonds is 7. The van der Waals surface area contributed by atoms with Crippen molar-refractivity contribution >= 4 is 29.5 Å². The van der Waals surface area contributed by atoms with Gasteiger partial charge in [0, 0.05) is 19.4 Å². The number of Topliss-reactive ketones (excluding diaryl/α,β-unsaturated/α-hetero) is 1. The molecule has 2 N–H and O–H groups in total. The molecule has 10 heteroatoms. The number of benzene rings is 1. The predicted octanol–water partition coefficient (Wildman–Crippen LogP) is 0.927. The summed E-state index contributed by atoms with van der Waals surface area (Å²) in [7, 11) is 1.68. The van der Waals surface area contributed by atoms with Crippen molar-refractivity contribution in [3.05, 3.63) is 76.5 Å². The Labute approximate surface area is 177 Å². The molecule has 0 bridgehead atoms. The second-order valence-corrected chi connectivity index (χ2v) is 6.56. The minimum absolute atomic E-state index is 0.0419. The standard InChI is InChI=1S/C21H20N6O4/c1-14-19(21(31)27(26(14)2)16-6-4-3-5-7-16)24-18(29)12-17(28)20(30)25-23-13-15-8-10-22-11-9-15/h3-11,13H,12H2,1-2H3,(H,24,29)(H,25,30)/b23-13+. The molecular formula is C21H20N6O4. The van der Waals surface area contributed by atoms with Crippen LogP contribution in [0.5, 0.6) is 0 Å². The quantitative estimate of drug-likeness (QED) is 0.254. The smallest absolute Gasteiger partial charge is 0.307 e. The topological polar surface area (TPSA) is 127 Å². The minimum atomic E-state index is -1.04. The highest BCUT2D eigenvalue weighted by atomic mass is 16.2. The number of hydrogen-bond acceptors (Lipinski definition) is 6. The van der Waals surface area contributed by atoms with Gasteiger partial charge in [-0.3, -0.25) is 28.8 Å². The molecule has 3 aromatic rings. The number of ketones is 1. The number of aromatic nitrogens is 3. The molecule has 10 nitrogen and oxygen atoms in total. The van der Waals surface area contributed by atoms with Crippen LogP contribution in [0.1, 0.15) is 17.7 Å². The lowest BCUT2D eigenvalue weighted by Crippen LogP contribution is -2.31. The van der Waals surface area contributed by atoms with Crippen molar-refractivity contribution in [3.8, 4) is 5.69 Å². The first-order chi connectivity index (χ1) is 14.9. The molecule has 0 aliphatic rings. The first-order valence-electron chi connectivity index (χ1n) is 9.28. The highest BCUT2D eigenvalue weighted by molar-refractivity contribution is 6.39. The Bertz CT molecular complexity index is 1200. The van der Waals surface area contributed by atoms with E-state index in [1.165, 1.54) is 10.9 Å². The average Bonchev–Trinajstić information content (AvgIpc) is 2.98. The zero-order chi connectivity index (χ0) is 22.4. The van der Waals surface area contributed by atoms with Gasteiger partial charge < -0.3 is 5.32 Å². The molecule has 0 aliphatic carbocycles. The van der Waals surface area contributed by atoms with E-state index in [2.05, 4.69) is 20.8 Å². The van der Waals surface area contributed by atoms with Gasteiger partial charge in [-0.15, -0.1) is 0 Å². The number of hydrazone groups is 1. The third kappa shape index (κ3) is 4.99. The summed E-state index contributed by atoms with van der Waals surface area (Å²) in [6.07, 6.45) is 3.72. The summed E-state index contributed by atoms with van der Waals surface area (Å²) >= 11 is 0. The van der Waals surface area contributed by atoms with Crippen LogP contribution in [0.2, 0.25) is 0 Å². The largest absolute Gasteiger partial charge is 0.320 e. The maximum atomic E-state index is 12.8. The zero-order valence-corrected chi connectivity index (χ0v) is 16.9. The van der Waals surface area contributed by atoms with Gasteiger partial charge in [0.25, 0.3) is 5.56 Å². The van der Waals surface area contributed by atoms with Crippen molar-refractivity contribution in [2.24, 2.45) is 12.1 Å². The number of nitrogens with one attached hydrogen (secondary N) is 2. The molecule has 0 aliphatic heterocycles. The second kappa shape index (κ2) is 9.44. The molecule has 158 valence electrons. The Morgan fingerprint density at radius 3 is 2.45 bits per heavy atom. The number of hydrogen-bond donors (Lipinski definition) is 2. The van der Waals surface area contributed by atoms with Crippen molar-refractivity contribution in [1.82, 2.24) is 19.8 Å². The summed E-state index contributed by atoms with van der Waals surface area (Å²) in [5.74, 6) is -2.79. The number of nitrogens with zero attached hydrogens (tertiary/aromatic N) is 4. The van der Waals surface area contributed by atoms with E-state index in [-0.39, 0.29) is 5.69 Å². The zero-order valence-electron chi connectivity index (χ0n) is 16.9. The number of para-hydroxylation sites is 1. The molecule has 0 atom stereocenters. The Kier molecular flexibility index (Phi) is 6.51. The number of anilines is 1. The number of carbonyl (C=O) groups is 3. The summed E-state index contributed by atoms with van der Waals surface area (Å²) < 4.78 is 2.99. The third-order valence-corrected chi connectivity index (χ3v) is 4.48. The SMILES string of the molecule is Cc1c(NC(=O)CC(=O)C(=O)N/N=C/c2ccncc2)c(=O)n(-c2ccccc2)n1C. The van der Waals surface area contributed by atoms with Crippen LogP contribution in [-0.2, 0) is 21.4 Å². The van der Waals surface area contributed by atoms with E-state index in [1.807, 2.05) is 6.07 Å². The lowest BCUT2D eigenvalue weighted by molar-refractivity contribution is -0.139. The van der Waals surface area contributed by atoms with Crippen LogP contribution in [-0.4, -0.2) is 38.2 Å². The van der Waals surface area contributed by atoms with E-state index in [4.69, 9.17) is 0 Å². The molecule has 0 saturated carbocycles. The highest BCUT2D eigenvalue weighted by Crippen LogP contribution is 2.14. The molecule has 31 heavy (non-hydrogen) atoms. The van der Waals surface area contributed by atoms with Crippen LogP contribution in [0, 0.1) is 6.92 Å². The van der Waals surface area contributed by atoms with Gasteiger partial charge in [0.15, 0.2) is 0 Å². The molecule has 0 radical (unpaired) electrons.